The van der Waals surface area contributed by atoms with Gasteiger partial charge in [0, 0.05) is 17.1 Å². The third-order valence-electron chi connectivity index (χ3n) is 3.79. The summed E-state index contributed by atoms with van der Waals surface area (Å²) in [6, 6.07) is 6.06. The van der Waals surface area contributed by atoms with Crippen molar-refractivity contribution in [3.8, 4) is 5.75 Å². The highest BCUT2D eigenvalue weighted by molar-refractivity contribution is 9.10. The smallest absolute Gasteiger partial charge is 0.120 e. The van der Waals surface area contributed by atoms with E-state index in [2.05, 4.69) is 15.9 Å². The number of nitrogens with two attached hydrogens (primary N) is 1. The number of benzene rings is 1. The van der Waals surface area contributed by atoms with Crippen LogP contribution in [0.1, 0.15) is 37.8 Å². The summed E-state index contributed by atoms with van der Waals surface area (Å²) in [6.07, 6.45) is 3.78. The van der Waals surface area contributed by atoms with Crippen LogP contribution in [0.5, 0.6) is 5.75 Å². The highest BCUT2D eigenvalue weighted by atomic mass is 79.9. The Morgan fingerprint density at radius 3 is 2.74 bits per heavy atom. The van der Waals surface area contributed by atoms with Gasteiger partial charge in [-0.3, -0.25) is 0 Å². The second-order valence-electron chi connectivity index (χ2n) is 5.14. The van der Waals surface area contributed by atoms with Crippen molar-refractivity contribution in [3.63, 3.8) is 0 Å². The van der Waals surface area contributed by atoms with E-state index in [9.17, 15) is 0 Å². The van der Waals surface area contributed by atoms with Crippen LogP contribution in [-0.2, 0) is 4.74 Å². The molecular formula is C15H22BrNO2. The molecule has 1 aliphatic rings. The molecule has 106 valence electrons. The molecule has 0 bridgehead atoms. The van der Waals surface area contributed by atoms with Gasteiger partial charge in [0.25, 0.3) is 0 Å². The van der Waals surface area contributed by atoms with Crippen LogP contribution in [-0.4, -0.2) is 19.8 Å². The zero-order valence-corrected chi connectivity index (χ0v) is 13.2. The fourth-order valence-corrected chi connectivity index (χ4v) is 3.31. The fourth-order valence-electron chi connectivity index (χ4n) is 2.66. The van der Waals surface area contributed by atoms with Crippen molar-refractivity contribution in [2.45, 2.75) is 38.3 Å². The Morgan fingerprint density at radius 1 is 1.42 bits per heavy atom. The molecule has 4 heteroatoms. The van der Waals surface area contributed by atoms with Crippen molar-refractivity contribution in [2.24, 2.45) is 11.7 Å². The lowest BCUT2D eigenvalue weighted by atomic mass is 9.77. The number of rotatable bonds is 6. The van der Waals surface area contributed by atoms with Gasteiger partial charge < -0.3 is 15.2 Å². The molecule has 2 rings (SSSR count). The normalized spacial score (nSPS) is 23.8. The first-order chi connectivity index (χ1) is 9.13. The van der Waals surface area contributed by atoms with Crippen LogP contribution in [0.2, 0.25) is 0 Å². The van der Waals surface area contributed by atoms with Crippen molar-refractivity contribution < 1.29 is 9.47 Å². The SMILES string of the molecule is CCOC1CC(CC(N)c2ccc(OC)cc2Br)C1. The first kappa shape index (κ1) is 14.8. The molecule has 1 saturated carbocycles. The van der Waals surface area contributed by atoms with Crippen LogP contribution in [0.4, 0.5) is 0 Å². The molecule has 0 heterocycles. The predicted molar refractivity (Wildman–Crippen MR) is 80.4 cm³/mol. The van der Waals surface area contributed by atoms with Crippen molar-refractivity contribution >= 4 is 15.9 Å². The van der Waals surface area contributed by atoms with Gasteiger partial charge in [-0.1, -0.05) is 22.0 Å². The van der Waals surface area contributed by atoms with Crippen LogP contribution in [0.25, 0.3) is 0 Å². The van der Waals surface area contributed by atoms with E-state index in [0.717, 1.165) is 41.7 Å². The van der Waals surface area contributed by atoms with Gasteiger partial charge in [-0.05, 0) is 49.8 Å². The molecule has 0 amide bonds. The highest BCUT2D eigenvalue weighted by Crippen LogP contribution is 2.38. The van der Waals surface area contributed by atoms with Crippen LogP contribution in [0.15, 0.2) is 22.7 Å². The largest absolute Gasteiger partial charge is 0.497 e. The number of halogens is 1. The molecule has 3 nitrogen and oxygen atoms in total. The summed E-state index contributed by atoms with van der Waals surface area (Å²) in [7, 11) is 1.67. The van der Waals surface area contributed by atoms with Gasteiger partial charge in [0.1, 0.15) is 5.75 Å². The van der Waals surface area contributed by atoms with Gasteiger partial charge in [0.2, 0.25) is 0 Å². The van der Waals surface area contributed by atoms with Gasteiger partial charge in [-0.15, -0.1) is 0 Å². The lowest BCUT2D eigenvalue weighted by Gasteiger charge is -2.36. The minimum atomic E-state index is 0.0767. The van der Waals surface area contributed by atoms with Gasteiger partial charge in [-0.2, -0.15) is 0 Å². The Balaban J connectivity index is 1.88. The van der Waals surface area contributed by atoms with Gasteiger partial charge >= 0.3 is 0 Å². The first-order valence-electron chi connectivity index (χ1n) is 6.84. The standard InChI is InChI=1S/C15H22BrNO2/c1-3-19-12-6-10(7-12)8-15(17)13-5-4-11(18-2)9-14(13)16/h4-5,9-10,12,15H,3,6-8,17H2,1-2H3. The van der Waals surface area contributed by atoms with E-state index in [-0.39, 0.29) is 6.04 Å². The van der Waals surface area contributed by atoms with Crippen LogP contribution < -0.4 is 10.5 Å². The lowest BCUT2D eigenvalue weighted by molar-refractivity contribution is -0.0282. The number of methoxy groups -OCH3 is 1. The summed E-state index contributed by atoms with van der Waals surface area (Å²) in [5.74, 6) is 1.54. The minimum Gasteiger partial charge on any atom is -0.497 e. The quantitative estimate of drug-likeness (QED) is 0.867. The topological polar surface area (TPSA) is 44.5 Å². The van der Waals surface area contributed by atoms with Gasteiger partial charge in [0.05, 0.1) is 13.2 Å². The summed E-state index contributed by atoms with van der Waals surface area (Å²) in [4.78, 5) is 0. The molecule has 1 aromatic rings. The molecule has 0 aromatic heterocycles. The van der Waals surface area contributed by atoms with E-state index in [1.165, 1.54) is 0 Å². The maximum Gasteiger partial charge on any atom is 0.120 e. The number of ether oxygens (including phenoxy) is 2. The van der Waals surface area contributed by atoms with E-state index in [1.54, 1.807) is 7.11 Å². The molecule has 0 saturated heterocycles. The third-order valence-corrected chi connectivity index (χ3v) is 4.48. The molecule has 0 aliphatic heterocycles. The van der Waals surface area contributed by atoms with E-state index in [0.29, 0.717) is 12.0 Å². The van der Waals surface area contributed by atoms with Crippen molar-refractivity contribution in [3.05, 3.63) is 28.2 Å². The third kappa shape index (κ3) is 3.71. The molecule has 0 spiro atoms. The zero-order valence-electron chi connectivity index (χ0n) is 11.6. The van der Waals surface area contributed by atoms with Crippen LogP contribution in [0, 0.1) is 5.92 Å². The Labute approximate surface area is 123 Å². The molecule has 0 radical (unpaired) electrons. The molecule has 1 aromatic carbocycles. The van der Waals surface area contributed by atoms with E-state index < -0.39 is 0 Å². The maximum absolute atomic E-state index is 6.31. The lowest BCUT2D eigenvalue weighted by Crippen LogP contribution is -2.33. The van der Waals surface area contributed by atoms with Gasteiger partial charge in [-0.25, -0.2) is 0 Å². The Morgan fingerprint density at radius 2 is 2.16 bits per heavy atom. The number of hydrogen-bond donors (Lipinski definition) is 1. The monoisotopic (exact) mass is 327 g/mol. The molecule has 1 aliphatic carbocycles. The van der Waals surface area contributed by atoms with E-state index >= 15 is 0 Å². The summed E-state index contributed by atoms with van der Waals surface area (Å²) in [5, 5.41) is 0. The molecule has 1 atom stereocenters. The molecular weight excluding hydrogens is 306 g/mol. The Bertz CT molecular complexity index is 419. The molecule has 19 heavy (non-hydrogen) atoms. The predicted octanol–water partition coefficient (Wildman–Crippen LogP) is 3.66. The summed E-state index contributed by atoms with van der Waals surface area (Å²) in [6.45, 7) is 2.86. The summed E-state index contributed by atoms with van der Waals surface area (Å²) < 4.78 is 11.8. The highest BCUT2D eigenvalue weighted by Gasteiger charge is 2.31. The van der Waals surface area contributed by atoms with Crippen LogP contribution >= 0.6 is 15.9 Å². The Kier molecular flexibility index (Phi) is 5.25. The fraction of sp³-hybridized carbons (Fsp3) is 0.600. The van der Waals surface area contributed by atoms with Crippen molar-refractivity contribution in [1.82, 2.24) is 0 Å². The molecule has 1 fully saturated rings. The number of hydrogen-bond acceptors (Lipinski definition) is 3. The zero-order chi connectivity index (χ0) is 13.8. The second kappa shape index (κ2) is 6.73. The van der Waals surface area contributed by atoms with Gasteiger partial charge in [0.15, 0.2) is 0 Å². The van der Waals surface area contributed by atoms with Crippen LogP contribution in [0.3, 0.4) is 0 Å². The second-order valence-corrected chi connectivity index (χ2v) is 6.00. The van der Waals surface area contributed by atoms with E-state index in [1.807, 2.05) is 25.1 Å². The van der Waals surface area contributed by atoms with E-state index in [4.69, 9.17) is 15.2 Å². The van der Waals surface area contributed by atoms with Crippen molar-refractivity contribution in [1.29, 1.82) is 0 Å². The molecule has 2 N–H and O–H groups in total. The summed E-state index contributed by atoms with van der Waals surface area (Å²) >= 11 is 3.57. The minimum absolute atomic E-state index is 0.0767. The average Bonchev–Trinajstić information content (AvgIpc) is 2.35. The maximum atomic E-state index is 6.31. The van der Waals surface area contributed by atoms with Crippen molar-refractivity contribution in [2.75, 3.05) is 13.7 Å². The average molecular weight is 328 g/mol. The summed E-state index contributed by atoms with van der Waals surface area (Å²) in [5.41, 5.74) is 7.46. The first-order valence-corrected chi connectivity index (χ1v) is 7.64. The Hall–Kier alpha value is -0.580. The molecule has 1 unspecified atom stereocenters.